The van der Waals surface area contributed by atoms with Gasteiger partial charge in [-0.1, -0.05) is 54.1 Å². The summed E-state index contributed by atoms with van der Waals surface area (Å²) in [5.41, 5.74) is 4.14. The van der Waals surface area contributed by atoms with Crippen LogP contribution in [0.4, 0.5) is 10.6 Å². The van der Waals surface area contributed by atoms with Gasteiger partial charge in [-0.05, 0) is 54.8 Å². The summed E-state index contributed by atoms with van der Waals surface area (Å²) in [6.45, 7) is 3.65. The van der Waals surface area contributed by atoms with Crippen molar-refractivity contribution in [2.75, 3.05) is 5.32 Å². The molecule has 0 aliphatic rings. The highest BCUT2D eigenvalue weighted by atomic mass is 35.5. The summed E-state index contributed by atoms with van der Waals surface area (Å²) in [5, 5.41) is 12.3. The monoisotopic (exact) mass is 489 g/mol. The Kier molecular flexibility index (Phi) is 7.17. The van der Waals surface area contributed by atoms with Gasteiger partial charge in [0.05, 0.1) is 6.42 Å². The number of nitrogens with one attached hydrogen (secondary N) is 1. The number of aromatic nitrogens is 2. The smallest absolute Gasteiger partial charge is 0.413 e. The van der Waals surface area contributed by atoms with Gasteiger partial charge in [0.15, 0.2) is 0 Å². The van der Waals surface area contributed by atoms with E-state index in [4.69, 9.17) is 21.4 Å². The summed E-state index contributed by atoms with van der Waals surface area (Å²) in [5.74, 6) is 0.316. The lowest BCUT2D eigenvalue weighted by Crippen LogP contribution is -2.18. The second kappa shape index (κ2) is 10.4. The Morgan fingerprint density at radius 2 is 1.77 bits per heavy atom. The predicted octanol–water partition coefficient (Wildman–Crippen LogP) is 6.44. The van der Waals surface area contributed by atoms with Gasteiger partial charge in [0.2, 0.25) is 0 Å². The average molecular weight is 490 g/mol. The zero-order chi connectivity index (χ0) is 24.9. The lowest BCUT2D eigenvalue weighted by atomic mass is 10.0. The Hall–Kier alpha value is -4.10. The fourth-order valence-electron chi connectivity index (χ4n) is 3.72. The van der Waals surface area contributed by atoms with E-state index in [1.807, 2.05) is 61.7 Å². The van der Waals surface area contributed by atoms with Crippen molar-refractivity contribution in [3.63, 3.8) is 0 Å². The van der Waals surface area contributed by atoms with Gasteiger partial charge in [-0.25, -0.2) is 9.78 Å². The molecule has 2 aromatic carbocycles. The van der Waals surface area contributed by atoms with Crippen molar-refractivity contribution in [1.82, 2.24) is 9.55 Å². The largest absolute Gasteiger partial charge is 0.481 e. The molecular formula is C27H24ClN3O4. The number of amides is 1. The first-order valence-corrected chi connectivity index (χ1v) is 11.4. The molecule has 0 fully saturated rings. The number of hydrogen-bond donors (Lipinski definition) is 2. The number of halogens is 1. The highest BCUT2D eigenvalue weighted by molar-refractivity contribution is 6.31. The maximum Gasteiger partial charge on any atom is 0.413 e. The molecule has 0 bridgehead atoms. The van der Waals surface area contributed by atoms with E-state index >= 15 is 0 Å². The molecule has 1 amide bonds. The fourth-order valence-corrected chi connectivity index (χ4v) is 4.01. The molecule has 1 atom stereocenters. The van der Waals surface area contributed by atoms with Crippen molar-refractivity contribution in [2.24, 2.45) is 0 Å². The molecule has 2 aromatic heterocycles. The summed E-state index contributed by atoms with van der Waals surface area (Å²) in [7, 11) is 0. The van der Waals surface area contributed by atoms with Crippen LogP contribution in [0.5, 0.6) is 0 Å². The molecule has 0 aliphatic heterocycles. The maximum atomic E-state index is 12.6. The van der Waals surface area contributed by atoms with Crippen molar-refractivity contribution >= 4 is 29.5 Å². The van der Waals surface area contributed by atoms with Crippen LogP contribution in [-0.2, 0) is 16.0 Å². The third kappa shape index (κ3) is 5.70. The van der Waals surface area contributed by atoms with E-state index in [1.165, 1.54) is 0 Å². The van der Waals surface area contributed by atoms with E-state index in [1.54, 1.807) is 35.9 Å². The number of carbonyl (C=O) groups excluding carboxylic acids is 1. The third-order valence-electron chi connectivity index (χ3n) is 5.57. The normalized spacial score (nSPS) is 11.6. The Balaban J connectivity index is 1.48. The molecule has 0 radical (unpaired) electrons. The molecule has 178 valence electrons. The van der Waals surface area contributed by atoms with Crippen LogP contribution in [0, 0.1) is 6.92 Å². The summed E-state index contributed by atoms with van der Waals surface area (Å²) < 4.78 is 7.32. The van der Waals surface area contributed by atoms with Crippen LogP contribution in [0.1, 0.15) is 29.7 Å². The number of hydrogen-bond acceptors (Lipinski definition) is 4. The van der Waals surface area contributed by atoms with Crippen molar-refractivity contribution in [1.29, 1.82) is 0 Å². The lowest BCUT2D eigenvalue weighted by molar-refractivity contribution is -0.136. The quantitative estimate of drug-likeness (QED) is 0.311. The van der Waals surface area contributed by atoms with E-state index in [0.717, 1.165) is 27.8 Å². The molecular weight excluding hydrogens is 466 g/mol. The van der Waals surface area contributed by atoms with Gasteiger partial charge in [-0.15, -0.1) is 0 Å². The minimum absolute atomic E-state index is 0.0141. The number of carbonyl (C=O) groups is 2. The standard InChI is InChI=1S/C27H24ClN3O4/c1-17-13-14-31(26(17)30-27(34)35-18(2)22-5-3-4-6-23(22)28)24-12-11-21(16-29-24)20-9-7-19(8-10-20)15-25(32)33/h3-14,16,18H,15H2,1-2H3,(H,30,34)(H,32,33). The van der Waals surface area contributed by atoms with Gasteiger partial charge < -0.3 is 9.84 Å². The summed E-state index contributed by atoms with van der Waals surface area (Å²) in [6, 6.07) is 20.2. The van der Waals surface area contributed by atoms with Crippen LogP contribution in [0.25, 0.3) is 16.9 Å². The number of rotatable bonds is 7. The number of anilines is 1. The van der Waals surface area contributed by atoms with E-state index in [9.17, 15) is 9.59 Å². The van der Waals surface area contributed by atoms with E-state index in [-0.39, 0.29) is 6.42 Å². The van der Waals surface area contributed by atoms with Gasteiger partial charge in [-0.2, -0.15) is 0 Å². The van der Waals surface area contributed by atoms with Crippen LogP contribution in [-0.4, -0.2) is 26.7 Å². The maximum absolute atomic E-state index is 12.6. The zero-order valence-electron chi connectivity index (χ0n) is 19.2. The number of benzene rings is 2. The number of pyridine rings is 1. The van der Waals surface area contributed by atoms with Crippen molar-refractivity contribution in [3.05, 3.63) is 101 Å². The summed E-state index contributed by atoms with van der Waals surface area (Å²) in [4.78, 5) is 28.1. The Bertz CT molecular complexity index is 1350. The third-order valence-corrected chi connectivity index (χ3v) is 5.92. The van der Waals surface area contributed by atoms with Gasteiger partial charge >= 0.3 is 12.1 Å². The van der Waals surface area contributed by atoms with Crippen LogP contribution < -0.4 is 5.32 Å². The summed E-state index contributed by atoms with van der Waals surface area (Å²) in [6.07, 6.45) is 2.42. The van der Waals surface area contributed by atoms with Crippen LogP contribution in [0.2, 0.25) is 5.02 Å². The van der Waals surface area contributed by atoms with E-state index in [2.05, 4.69) is 10.3 Å². The van der Waals surface area contributed by atoms with Crippen molar-refractivity contribution < 1.29 is 19.4 Å². The fraction of sp³-hybridized carbons (Fsp3) is 0.148. The first-order valence-electron chi connectivity index (χ1n) is 11.0. The van der Waals surface area contributed by atoms with Crippen LogP contribution in [0.15, 0.2) is 79.1 Å². The molecule has 0 saturated carbocycles. The lowest BCUT2D eigenvalue weighted by Gasteiger charge is -2.17. The minimum atomic E-state index is -0.864. The first-order chi connectivity index (χ1) is 16.8. The zero-order valence-corrected chi connectivity index (χ0v) is 20.0. The van der Waals surface area contributed by atoms with Gasteiger partial charge in [-0.3, -0.25) is 14.7 Å². The number of aryl methyl sites for hydroxylation is 1. The molecule has 2 N–H and O–H groups in total. The van der Waals surface area contributed by atoms with Crippen molar-refractivity contribution in [2.45, 2.75) is 26.4 Å². The Morgan fingerprint density at radius 3 is 2.43 bits per heavy atom. The highest BCUT2D eigenvalue weighted by Crippen LogP contribution is 2.27. The number of nitrogens with zero attached hydrogens (tertiary/aromatic N) is 2. The minimum Gasteiger partial charge on any atom is -0.481 e. The highest BCUT2D eigenvalue weighted by Gasteiger charge is 2.17. The number of ether oxygens (including phenoxy) is 1. The summed E-state index contributed by atoms with van der Waals surface area (Å²) >= 11 is 6.21. The molecule has 8 heteroatoms. The molecule has 4 rings (SSSR count). The second-order valence-corrected chi connectivity index (χ2v) is 8.49. The number of carboxylic acid groups (broad SMARTS) is 1. The van der Waals surface area contributed by atoms with Crippen LogP contribution in [0.3, 0.4) is 0 Å². The molecule has 1 unspecified atom stereocenters. The molecule has 0 saturated heterocycles. The topological polar surface area (TPSA) is 93.5 Å². The molecule has 2 heterocycles. The van der Waals surface area contributed by atoms with E-state index < -0.39 is 18.2 Å². The molecule has 7 nitrogen and oxygen atoms in total. The molecule has 35 heavy (non-hydrogen) atoms. The molecule has 4 aromatic rings. The SMILES string of the molecule is Cc1ccn(-c2ccc(-c3ccc(CC(=O)O)cc3)cn2)c1NC(=O)OC(C)c1ccccc1Cl. The number of carboxylic acids is 1. The number of aliphatic carboxylic acids is 1. The van der Waals surface area contributed by atoms with Crippen LogP contribution >= 0.6 is 11.6 Å². The second-order valence-electron chi connectivity index (χ2n) is 8.08. The molecule has 0 aliphatic carbocycles. The Morgan fingerprint density at radius 1 is 1.06 bits per heavy atom. The molecule has 0 spiro atoms. The average Bonchev–Trinajstić information content (AvgIpc) is 3.19. The van der Waals surface area contributed by atoms with Gasteiger partial charge in [0.25, 0.3) is 0 Å². The predicted molar refractivity (Wildman–Crippen MR) is 135 cm³/mol. The van der Waals surface area contributed by atoms with E-state index in [0.29, 0.717) is 16.7 Å². The van der Waals surface area contributed by atoms with Gasteiger partial charge in [0.1, 0.15) is 17.7 Å². The first kappa shape index (κ1) is 24.0. The van der Waals surface area contributed by atoms with Crippen molar-refractivity contribution in [3.8, 4) is 16.9 Å². The van der Waals surface area contributed by atoms with Gasteiger partial charge in [0, 0.05) is 28.5 Å². The Labute approximate surface area is 208 Å².